The number of nitrogens with one attached hydrogen (secondary N) is 2. The molecule has 2 amide bonds. The number of amides is 2. The fourth-order valence-electron chi connectivity index (χ4n) is 4.53. The van der Waals surface area contributed by atoms with Gasteiger partial charge in [0, 0.05) is 10.8 Å². The standard InChI is InChI=1S/C27H29N9O10S2/c1-27(2)22(24(38)36(27)46-48(41,42)43)32-23(37)21(17-13-47-26(28)30-17)33-45-18(25(39)40)12-44-15-6-7-16-14(11-15)5-8-19(29-16)31-20-9-10-34(3)35(20)4/h5-11,13,18,22H,12H2,1-4H3,(H5,28,30,32,37,39,40,41,42,43)/p+1. The predicted molar refractivity (Wildman–Crippen MR) is 168 cm³/mol. The lowest BCUT2D eigenvalue weighted by atomic mass is 9.84. The third-order valence-electron chi connectivity index (χ3n) is 7.24. The van der Waals surface area contributed by atoms with Crippen LogP contribution in [-0.4, -0.2) is 85.6 Å². The molecule has 254 valence electrons. The number of fused-ring (bicyclic) bond motifs is 1. The number of aromatic nitrogens is 4. The van der Waals surface area contributed by atoms with E-state index in [1.54, 1.807) is 24.3 Å². The van der Waals surface area contributed by atoms with Crippen LogP contribution in [0.15, 0.2) is 53.1 Å². The molecule has 1 fully saturated rings. The zero-order chi connectivity index (χ0) is 35.0. The lowest BCUT2D eigenvalue weighted by molar-refractivity contribution is -0.750. The molecule has 2 atom stereocenters. The van der Waals surface area contributed by atoms with Crippen LogP contribution in [0.4, 0.5) is 16.8 Å². The highest BCUT2D eigenvalue weighted by Crippen LogP contribution is 2.33. The van der Waals surface area contributed by atoms with E-state index in [2.05, 4.69) is 30.0 Å². The van der Waals surface area contributed by atoms with Crippen LogP contribution < -0.4 is 25.8 Å². The third kappa shape index (κ3) is 7.27. The van der Waals surface area contributed by atoms with Crippen LogP contribution in [0.2, 0.25) is 0 Å². The van der Waals surface area contributed by atoms with E-state index < -0.39 is 58.2 Å². The van der Waals surface area contributed by atoms with Gasteiger partial charge in [-0.2, -0.15) is 13.5 Å². The number of aliphatic carboxylic acids is 1. The number of β-lactam (4-membered cyclic amide) rings is 1. The van der Waals surface area contributed by atoms with Gasteiger partial charge in [-0.05, 0) is 44.2 Å². The number of thiazole rings is 1. The molecular formula is C27H30N9O10S2+. The lowest BCUT2D eigenvalue weighted by Crippen LogP contribution is -2.76. The summed E-state index contributed by atoms with van der Waals surface area (Å²) in [4.78, 5) is 51.6. The Balaban J connectivity index is 1.28. The van der Waals surface area contributed by atoms with Crippen LogP contribution in [0, 0.1) is 0 Å². The number of nitrogens with two attached hydrogens (primary N) is 1. The number of pyridine rings is 1. The van der Waals surface area contributed by atoms with Gasteiger partial charge in [-0.25, -0.2) is 14.8 Å². The molecule has 3 aromatic heterocycles. The van der Waals surface area contributed by atoms with Gasteiger partial charge in [-0.15, -0.1) is 25.0 Å². The number of aryl methyl sites for hydroxylation is 1. The maximum atomic E-state index is 13.2. The van der Waals surface area contributed by atoms with Gasteiger partial charge in [0.2, 0.25) is 0 Å². The minimum atomic E-state index is -5.02. The highest BCUT2D eigenvalue weighted by atomic mass is 32.3. The Bertz CT molecular complexity index is 2040. The summed E-state index contributed by atoms with van der Waals surface area (Å²) < 4.78 is 44.9. The minimum Gasteiger partial charge on any atom is -0.489 e. The van der Waals surface area contributed by atoms with E-state index in [-0.39, 0.29) is 10.8 Å². The monoisotopic (exact) mass is 704 g/mol. The fraction of sp³-hybridized carbons (Fsp3) is 0.296. The van der Waals surface area contributed by atoms with Crippen molar-refractivity contribution in [1.82, 2.24) is 25.0 Å². The Hall–Kier alpha value is -5.38. The number of rotatable bonds is 13. The molecular weight excluding hydrogens is 674 g/mol. The van der Waals surface area contributed by atoms with Crippen LogP contribution in [0.25, 0.3) is 10.9 Å². The summed E-state index contributed by atoms with van der Waals surface area (Å²) in [5, 5.41) is 21.6. The SMILES string of the molecule is Cn1c(Nc2ccc3cc(OCC(ON=C(C(=O)NC4C(=O)N(OS(=O)(=O)O)C4(C)C)c4csc(N)n4)C(=O)O)ccc3n2)cc[n+]1C. The summed E-state index contributed by atoms with van der Waals surface area (Å²) in [6.45, 7) is 2.20. The first-order chi connectivity index (χ1) is 22.5. The first-order valence-electron chi connectivity index (χ1n) is 13.9. The number of nitrogen functional groups attached to an aromatic ring is 1. The number of benzene rings is 1. The summed E-state index contributed by atoms with van der Waals surface area (Å²) in [6.07, 6.45) is 0.201. The molecule has 0 aliphatic carbocycles. The Labute approximate surface area is 276 Å². The lowest BCUT2D eigenvalue weighted by Gasteiger charge is -2.50. The van der Waals surface area contributed by atoms with E-state index in [4.69, 9.17) is 19.9 Å². The van der Waals surface area contributed by atoms with Crippen LogP contribution in [-0.2, 0) is 48.0 Å². The average molecular weight is 705 g/mol. The number of carboxylic acids is 1. The molecule has 48 heavy (non-hydrogen) atoms. The number of nitrogens with zero attached hydrogens (tertiary/aromatic N) is 6. The van der Waals surface area contributed by atoms with E-state index in [0.717, 1.165) is 22.5 Å². The number of hydroxylamine groups is 2. The van der Waals surface area contributed by atoms with Crippen molar-refractivity contribution in [1.29, 1.82) is 0 Å². The molecule has 5 rings (SSSR count). The van der Waals surface area contributed by atoms with E-state index >= 15 is 0 Å². The fourth-order valence-corrected chi connectivity index (χ4v) is 5.53. The molecule has 4 heterocycles. The van der Waals surface area contributed by atoms with Gasteiger partial charge in [-0.1, -0.05) is 5.16 Å². The maximum absolute atomic E-state index is 13.2. The second-order valence-corrected chi connectivity index (χ2v) is 12.8. The molecule has 0 saturated carbocycles. The van der Waals surface area contributed by atoms with Gasteiger partial charge in [0.1, 0.15) is 29.9 Å². The number of carbonyl (C=O) groups excluding carboxylic acids is 2. The quantitative estimate of drug-likeness (QED) is 0.0412. The van der Waals surface area contributed by atoms with E-state index in [9.17, 15) is 27.9 Å². The number of carbonyl (C=O) groups is 3. The highest BCUT2D eigenvalue weighted by molar-refractivity contribution is 7.80. The van der Waals surface area contributed by atoms with Crippen molar-refractivity contribution in [3.8, 4) is 5.75 Å². The second kappa shape index (κ2) is 13.0. The van der Waals surface area contributed by atoms with Crippen molar-refractivity contribution >= 4 is 72.9 Å². The Morgan fingerprint density at radius 1 is 1.23 bits per heavy atom. The normalized spacial score (nSPS) is 16.7. The van der Waals surface area contributed by atoms with Gasteiger partial charge in [0.05, 0.1) is 24.2 Å². The van der Waals surface area contributed by atoms with Crippen molar-refractivity contribution in [3.63, 3.8) is 0 Å². The Kier molecular flexibility index (Phi) is 9.22. The van der Waals surface area contributed by atoms with Crippen molar-refractivity contribution < 1.29 is 51.0 Å². The zero-order valence-electron chi connectivity index (χ0n) is 25.7. The Morgan fingerprint density at radius 3 is 2.58 bits per heavy atom. The second-order valence-electron chi connectivity index (χ2n) is 10.9. The van der Waals surface area contributed by atoms with E-state index in [1.165, 1.54) is 19.2 Å². The first kappa shape index (κ1) is 34.0. The average Bonchev–Trinajstić information content (AvgIpc) is 3.59. The summed E-state index contributed by atoms with van der Waals surface area (Å²) in [5.41, 5.74) is 4.30. The number of oxime groups is 1. The first-order valence-corrected chi connectivity index (χ1v) is 16.1. The van der Waals surface area contributed by atoms with Crippen LogP contribution >= 0.6 is 11.3 Å². The summed E-state index contributed by atoms with van der Waals surface area (Å²) in [7, 11) is -1.22. The molecule has 2 unspecified atom stereocenters. The molecule has 0 spiro atoms. The van der Waals surface area contributed by atoms with Crippen LogP contribution in [0.1, 0.15) is 19.5 Å². The predicted octanol–water partition coefficient (Wildman–Crippen LogP) is 0.273. The summed E-state index contributed by atoms with van der Waals surface area (Å²) >= 11 is 0.956. The minimum absolute atomic E-state index is 0.0548. The molecule has 4 aromatic rings. The Morgan fingerprint density at radius 2 is 1.98 bits per heavy atom. The summed E-state index contributed by atoms with van der Waals surface area (Å²) in [5.74, 6) is -1.72. The molecule has 19 nitrogen and oxygen atoms in total. The largest absolute Gasteiger partial charge is 0.489 e. The van der Waals surface area contributed by atoms with Crippen molar-refractivity contribution in [2.45, 2.75) is 31.5 Å². The molecule has 1 aliphatic heterocycles. The van der Waals surface area contributed by atoms with Gasteiger partial charge < -0.3 is 31.0 Å². The molecule has 1 saturated heterocycles. The number of ether oxygens (including phenoxy) is 1. The number of hydrogen-bond acceptors (Lipinski definition) is 14. The van der Waals surface area contributed by atoms with Crippen molar-refractivity contribution in [2.24, 2.45) is 19.3 Å². The number of carboxylic acid groups (broad SMARTS) is 1. The zero-order valence-corrected chi connectivity index (χ0v) is 27.4. The van der Waals surface area contributed by atoms with Gasteiger partial charge in [0.25, 0.3) is 17.9 Å². The molecule has 1 aromatic carbocycles. The smallest absolute Gasteiger partial charge is 0.418 e. The van der Waals surface area contributed by atoms with E-state index in [0.29, 0.717) is 22.1 Å². The molecule has 21 heteroatoms. The number of hydrogen-bond donors (Lipinski definition) is 5. The topological polar surface area (TPSA) is 254 Å². The van der Waals surface area contributed by atoms with Crippen LogP contribution in [0.3, 0.4) is 0 Å². The maximum Gasteiger partial charge on any atom is 0.418 e. The van der Waals surface area contributed by atoms with Gasteiger partial charge in [-0.3, -0.25) is 14.1 Å². The van der Waals surface area contributed by atoms with Gasteiger partial charge in [0.15, 0.2) is 29.9 Å². The molecule has 1 aliphatic rings. The molecule has 0 bridgehead atoms. The molecule has 6 N–H and O–H groups in total. The van der Waals surface area contributed by atoms with Crippen molar-refractivity contribution in [2.75, 3.05) is 17.7 Å². The van der Waals surface area contributed by atoms with Gasteiger partial charge >= 0.3 is 16.4 Å². The van der Waals surface area contributed by atoms with Crippen molar-refractivity contribution in [3.05, 3.63) is 53.7 Å². The highest BCUT2D eigenvalue weighted by Gasteiger charge is 2.58. The third-order valence-corrected chi connectivity index (χ3v) is 8.25. The van der Waals surface area contributed by atoms with Crippen LogP contribution in [0.5, 0.6) is 5.75 Å². The number of anilines is 3. The van der Waals surface area contributed by atoms with E-state index in [1.807, 2.05) is 41.8 Å². The summed E-state index contributed by atoms with van der Waals surface area (Å²) in [6, 6.07) is 9.16. The molecule has 0 radical (unpaired) electrons.